The maximum atomic E-state index is 11.6. The van der Waals surface area contributed by atoms with Crippen molar-refractivity contribution >= 4 is 5.91 Å². The van der Waals surface area contributed by atoms with Crippen LogP contribution in [0.15, 0.2) is 24.4 Å². The molecule has 2 N–H and O–H groups in total. The van der Waals surface area contributed by atoms with Gasteiger partial charge in [-0.15, -0.1) is 0 Å². The number of rotatable bonds is 5. The summed E-state index contributed by atoms with van der Waals surface area (Å²) < 4.78 is 10.7. The molecule has 6 nitrogen and oxygen atoms in total. The molecule has 104 valence electrons. The summed E-state index contributed by atoms with van der Waals surface area (Å²) in [6.45, 7) is 3.71. The molecule has 1 unspecified atom stereocenters. The lowest BCUT2D eigenvalue weighted by Crippen LogP contribution is -2.37. The van der Waals surface area contributed by atoms with Gasteiger partial charge in [-0.3, -0.25) is 4.79 Å². The first-order valence-corrected chi connectivity index (χ1v) is 6.43. The molecule has 19 heavy (non-hydrogen) atoms. The Bertz CT molecular complexity index is 378. The Kier molecular flexibility index (Phi) is 5.58. The van der Waals surface area contributed by atoms with E-state index in [0.717, 1.165) is 19.7 Å². The highest BCUT2D eigenvalue weighted by atomic mass is 16.5. The average Bonchev–Trinajstić information content (AvgIpc) is 2.73. The van der Waals surface area contributed by atoms with Crippen LogP contribution in [0.25, 0.3) is 0 Å². The number of ether oxygens (including phenoxy) is 2. The van der Waals surface area contributed by atoms with E-state index in [4.69, 9.17) is 9.47 Å². The second kappa shape index (κ2) is 7.70. The minimum Gasteiger partial charge on any atom is -0.468 e. The van der Waals surface area contributed by atoms with Gasteiger partial charge in [0.15, 0.2) is 6.61 Å². The standard InChI is InChI=1S/C13H19N3O3/c17-12(10-19-13-3-1-2-4-15-13)16-8-11-7-14-5-6-18-9-11/h1-4,11,14H,5-10H2,(H,16,17). The van der Waals surface area contributed by atoms with Crippen LogP contribution in [0, 0.1) is 5.92 Å². The van der Waals surface area contributed by atoms with E-state index in [1.165, 1.54) is 0 Å². The van der Waals surface area contributed by atoms with Crippen LogP contribution in [0.2, 0.25) is 0 Å². The van der Waals surface area contributed by atoms with Crippen molar-refractivity contribution in [2.45, 2.75) is 0 Å². The molecule has 1 aromatic rings. The third-order valence-corrected chi connectivity index (χ3v) is 2.79. The van der Waals surface area contributed by atoms with Gasteiger partial charge in [-0.05, 0) is 6.07 Å². The number of carbonyl (C=O) groups is 1. The number of nitrogens with zero attached hydrogens (tertiary/aromatic N) is 1. The lowest BCUT2D eigenvalue weighted by Gasteiger charge is -2.14. The molecule has 0 spiro atoms. The monoisotopic (exact) mass is 265 g/mol. The SMILES string of the molecule is O=C(COc1ccccn1)NCC1CNCCOC1. The van der Waals surface area contributed by atoms with Crippen LogP contribution >= 0.6 is 0 Å². The average molecular weight is 265 g/mol. The van der Waals surface area contributed by atoms with Gasteiger partial charge in [-0.2, -0.15) is 0 Å². The Hall–Kier alpha value is -1.66. The third kappa shape index (κ3) is 5.23. The molecular weight excluding hydrogens is 246 g/mol. The first kappa shape index (κ1) is 13.8. The highest BCUT2D eigenvalue weighted by Gasteiger charge is 2.13. The zero-order chi connectivity index (χ0) is 13.3. The molecule has 1 aliphatic rings. The lowest BCUT2D eigenvalue weighted by atomic mass is 10.1. The smallest absolute Gasteiger partial charge is 0.258 e. The van der Waals surface area contributed by atoms with Crippen LogP contribution in [-0.2, 0) is 9.53 Å². The van der Waals surface area contributed by atoms with E-state index in [0.29, 0.717) is 24.9 Å². The number of aromatic nitrogens is 1. The van der Waals surface area contributed by atoms with Gasteiger partial charge >= 0.3 is 0 Å². The molecule has 1 aliphatic heterocycles. The Morgan fingerprint density at radius 2 is 2.53 bits per heavy atom. The molecular formula is C13H19N3O3. The summed E-state index contributed by atoms with van der Waals surface area (Å²) in [5.41, 5.74) is 0. The fraction of sp³-hybridized carbons (Fsp3) is 0.538. The van der Waals surface area contributed by atoms with E-state index in [1.54, 1.807) is 18.3 Å². The van der Waals surface area contributed by atoms with E-state index in [9.17, 15) is 4.79 Å². The number of amides is 1. The Morgan fingerprint density at radius 3 is 3.37 bits per heavy atom. The van der Waals surface area contributed by atoms with Crippen molar-refractivity contribution in [2.24, 2.45) is 5.92 Å². The van der Waals surface area contributed by atoms with Gasteiger partial charge < -0.3 is 20.1 Å². The minimum absolute atomic E-state index is 0.0159. The zero-order valence-corrected chi connectivity index (χ0v) is 10.8. The Labute approximate surface area is 112 Å². The van der Waals surface area contributed by atoms with E-state index in [-0.39, 0.29) is 12.5 Å². The van der Waals surface area contributed by atoms with Crippen molar-refractivity contribution in [1.29, 1.82) is 0 Å². The lowest BCUT2D eigenvalue weighted by molar-refractivity contribution is -0.123. The molecule has 0 radical (unpaired) electrons. The molecule has 0 bridgehead atoms. The molecule has 0 saturated carbocycles. The summed E-state index contributed by atoms with van der Waals surface area (Å²) in [7, 11) is 0. The topological polar surface area (TPSA) is 72.5 Å². The van der Waals surface area contributed by atoms with Gasteiger partial charge in [0.25, 0.3) is 5.91 Å². The van der Waals surface area contributed by atoms with Crippen molar-refractivity contribution in [2.75, 3.05) is 39.5 Å². The molecule has 1 atom stereocenters. The first-order chi connectivity index (χ1) is 9.34. The summed E-state index contributed by atoms with van der Waals surface area (Å²) in [5, 5.41) is 6.10. The molecule has 0 aliphatic carbocycles. The number of carbonyl (C=O) groups excluding carboxylic acids is 1. The maximum absolute atomic E-state index is 11.6. The highest BCUT2D eigenvalue weighted by Crippen LogP contribution is 2.02. The van der Waals surface area contributed by atoms with Gasteiger partial charge in [-0.1, -0.05) is 6.07 Å². The summed E-state index contributed by atoms with van der Waals surface area (Å²) >= 11 is 0. The number of nitrogens with one attached hydrogen (secondary N) is 2. The fourth-order valence-corrected chi connectivity index (χ4v) is 1.77. The third-order valence-electron chi connectivity index (χ3n) is 2.79. The molecule has 0 aromatic carbocycles. The van der Waals surface area contributed by atoms with Crippen LogP contribution in [0.3, 0.4) is 0 Å². The van der Waals surface area contributed by atoms with Gasteiger partial charge in [-0.25, -0.2) is 4.98 Å². The van der Waals surface area contributed by atoms with E-state index >= 15 is 0 Å². The van der Waals surface area contributed by atoms with Gasteiger partial charge in [0.05, 0.1) is 13.2 Å². The van der Waals surface area contributed by atoms with Crippen LogP contribution in [0.1, 0.15) is 0 Å². The van der Waals surface area contributed by atoms with Crippen molar-refractivity contribution in [3.8, 4) is 5.88 Å². The van der Waals surface area contributed by atoms with Crippen LogP contribution in [0.5, 0.6) is 5.88 Å². The normalized spacial score (nSPS) is 19.5. The van der Waals surface area contributed by atoms with E-state index < -0.39 is 0 Å². The summed E-state index contributed by atoms with van der Waals surface area (Å²) in [4.78, 5) is 15.6. The molecule has 2 rings (SSSR count). The number of hydrogen-bond donors (Lipinski definition) is 2. The van der Waals surface area contributed by atoms with E-state index in [2.05, 4.69) is 15.6 Å². The summed E-state index contributed by atoms with van der Waals surface area (Å²) in [5.74, 6) is 0.619. The molecule has 6 heteroatoms. The van der Waals surface area contributed by atoms with Gasteiger partial charge in [0.1, 0.15) is 0 Å². The maximum Gasteiger partial charge on any atom is 0.258 e. The zero-order valence-electron chi connectivity index (χ0n) is 10.8. The van der Waals surface area contributed by atoms with Crippen molar-refractivity contribution in [3.63, 3.8) is 0 Å². The number of hydrogen-bond acceptors (Lipinski definition) is 5. The quantitative estimate of drug-likeness (QED) is 0.772. The predicted octanol–water partition coefficient (Wildman–Crippen LogP) is -0.187. The van der Waals surface area contributed by atoms with E-state index in [1.807, 2.05) is 6.07 Å². The largest absolute Gasteiger partial charge is 0.468 e. The first-order valence-electron chi connectivity index (χ1n) is 6.43. The van der Waals surface area contributed by atoms with Crippen LogP contribution in [-0.4, -0.2) is 50.3 Å². The molecule has 1 amide bonds. The van der Waals surface area contributed by atoms with Crippen molar-refractivity contribution in [3.05, 3.63) is 24.4 Å². The Morgan fingerprint density at radius 1 is 1.58 bits per heavy atom. The Balaban J connectivity index is 1.64. The van der Waals surface area contributed by atoms with Crippen LogP contribution in [0.4, 0.5) is 0 Å². The summed E-state index contributed by atoms with van der Waals surface area (Å²) in [6, 6.07) is 5.33. The van der Waals surface area contributed by atoms with Gasteiger partial charge in [0.2, 0.25) is 5.88 Å². The second-order valence-electron chi connectivity index (χ2n) is 4.41. The molecule has 1 fully saturated rings. The van der Waals surface area contributed by atoms with Crippen LogP contribution < -0.4 is 15.4 Å². The molecule has 1 aromatic heterocycles. The summed E-state index contributed by atoms with van der Waals surface area (Å²) in [6.07, 6.45) is 1.63. The molecule has 1 saturated heterocycles. The predicted molar refractivity (Wildman–Crippen MR) is 69.9 cm³/mol. The highest BCUT2D eigenvalue weighted by molar-refractivity contribution is 5.77. The second-order valence-corrected chi connectivity index (χ2v) is 4.41. The molecule has 2 heterocycles. The minimum atomic E-state index is -0.144. The van der Waals surface area contributed by atoms with Gasteiger partial charge in [0, 0.05) is 37.8 Å². The van der Waals surface area contributed by atoms with Crippen molar-refractivity contribution in [1.82, 2.24) is 15.6 Å². The van der Waals surface area contributed by atoms with Crippen molar-refractivity contribution < 1.29 is 14.3 Å². The number of pyridine rings is 1. The fourth-order valence-electron chi connectivity index (χ4n) is 1.77.